The Morgan fingerprint density at radius 2 is 1.77 bits per heavy atom. The van der Waals surface area contributed by atoms with Gasteiger partial charge in [-0.3, -0.25) is 4.79 Å². The van der Waals surface area contributed by atoms with E-state index < -0.39 is 10.0 Å². The molecule has 3 rings (SSSR count). The zero-order chi connectivity index (χ0) is 21.7. The second-order valence-electron chi connectivity index (χ2n) is 7.19. The van der Waals surface area contributed by atoms with E-state index in [4.69, 9.17) is 9.47 Å². The van der Waals surface area contributed by atoms with E-state index in [0.29, 0.717) is 36.6 Å². The van der Waals surface area contributed by atoms with Gasteiger partial charge in [0.2, 0.25) is 10.0 Å². The van der Waals surface area contributed by atoms with Gasteiger partial charge in [0.05, 0.1) is 25.2 Å². The van der Waals surface area contributed by atoms with Gasteiger partial charge in [-0.1, -0.05) is 19.1 Å². The predicted molar refractivity (Wildman–Crippen MR) is 114 cm³/mol. The fraction of sp³-hybridized carbons (Fsp3) is 0.409. The molecule has 8 heteroatoms. The van der Waals surface area contributed by atoms with Crippen LogP contribution in [0.5, 0.6) is 11.5 Å². The number of nitrogens with one attached hydrogen (secondary N) is 1. The molecule has 0 bridgehead atoms. The first-order valence-corrected chi connectivity index (χ1v) is 11.5. The number of methoxy groups -OCH3 is 2. The molecule has 0 unspecified atom stereocenters. The number of carbonyl (C=O) groups is 1. The van der Waals surface area contributed by atoms with E-state index in [0.717, 1.165) is 18.4 Å². The van der Waals surface area contributed by atoms with E-state index in [-0.39, 0.29) is 16.8 Å². The molecule has 1 aliphatic heterocycles. The summed E-state index contributed by atoms with van der Waals surface area (Å²) < 4.78 is 37.7. The first-order chi connectivity index (χ1) is 14.4. The topological polar surface area (TPSA) is 84.9 Å². The van der Waals surface area contributed by atoms with E-state index in [1.807, 2.05) is 19.1 Å². The summed E-state index contributed by atoms with van der Waals surface area (Å²) in [7, 11) is -0.443. The van der Waals surface area contributed by atoms with Gasteiger partial charge in [0.15, 0.2) is 11.5 Å². The largest absolute Gasteiger partial charge is 0.493 e. The minimum Gasteiger partial charge on any atom is -0.493 e. The fourth-order valence-electron chi connectivity index (χ4n) is 3.61. The highest BCUT2D eigenvalue weighted by Gasteiger charge is 2.28. The molecule has 0 spiro atoms. The standard InChI is InChI=1S/C22H28N2O5S/c1-4-19(16-10-11-20(28-2)21(15-16)29-3)23-22(25)17-8-7-9-18(14-17)30(26,27)24-12-5-6-13-24/h7-11,14-15,19H,4-6,12-13H2,1-3H3,(H,23,25)/t19-/m1/s1. The number of amides is 1. The van der Waals surface area contributed by atoms with Crippen LogP contribution in [-0.4, -0.2) is 45.9 Å². The number of ether oxygens (including phenoxy) is 2. The minimum absolute atomic E-state index is 0.149. The van der Waals surface area contributed by atoms with Crippen LogP contribution in [0.4, 0.5) is 0 Å². The lowest BCUT2D eigenvalue weighted by atomic mass is 10.0. The molecule has 162 valence electrons. The van der Waals surface area contributed by atoms with Crippen molar-refractivity contribution in [1.29, 1.82) is 0 Å². The van der Waals surface area contributed by atoms with Crippen LogP contribution < -0.4 is 14.8 Å². The molecule has 1 N–H and O–H groups in total. The first kappa shape index (κ1) is 22.1. The smallest absolute Gasteiger partial charge is 0.251 e. The molecule has 7 nitrogen and oxygen atoms in total. The summed E-state index contributed by atoms with van der Waals surface area (Å²) in [6.07, 6.45) is 2.39. The van der Waals surface area contributed by atoms with Crippen molar-refractivity contribution in [2.24, 2.45) is 0 Å². The van der Waals surface area contributed by atoms with E-state index in [1.54, 1.807) is 32.4 Å². The normalized spacial score (nSPS) is 15.6. The third-order valence-electron chi connectivity index (χ3n) is 5.32. The Labute approximate surface area is 178 Å². The van der Waals surface area contributed by atoms with Crippen molar-refractivity contribution in [2.45, 2.75) is 37.1 Å². The Balaban J connectivity index is 1.81. The van der Waals surface area contributed by atoms with Crippen molar-refractivity contribution in [3.05, 3.63) is 53.6 Å². The summed E-state index contributed by atoms with van der Waals surface area (Å²) in [4.78, 5) is 13.0. The lowest BCUT2D eigenvalue weighted by Gasteiger charge is -2.20. The number of carbonyl (C=O) groups excluding carboxylic acids is 1. The maximum Gasteiger partial charge on any atom is 0.251 e. The highest BCUT2D eigenvalue weighted by Crippen LogP contribution is 2.31. The van der Waals surface area contributed by atoms with E-state index >= 15 is 0 Å². The first-order valence-electron chi connectivity index (χ1n) is 10.0. The molecule has 1 aliphatic rings. The molecule has 0 saturated carbocycles. The zero-order valence-electron chi connectivity index (χ0n) is 17.6. The van der Waals surface area contributed by atoms with Crippen LogP contribution in [0.25, 0.3) is 0 Å². The van der Waals surface area contributed by atoms with Gasteiger partial charge < -0.3 is 14.8 Å². The summed E-state index contributed by atoms with van der Waals surface area (Å²) in [5.41, 5.74) is 1.19. The summed E-state index contributed by atoms with van der Waals surface area (Å²) in [5, 5.41) is 2.99. The summed E-state index contributed by atoms with van der Waals surface area (Å²) in [5.74, 6) is 0.874. The quantitative estimate of drug-likeness (QED) is 0.691. The third-order valence-corrected chi connectivity index (χ3v) is 7.22. The average molecular weight is 433 g/mol. The van der Waals surface area contributed by atoms with Crippen molar-refractivity contribution in [2.75, 3.05) is 27.3 Å². The molecular weight excluding hydrogens is 404 g/mol. The molecule has 2 aromatic carbocycles. The van der Waals surface area contributed by atoms with Gasteiger partial charge in [0.25, 0.3) is 5.91 Å². The third kappa shape index (κ3) is 4.60. The Kier molecular flexibility index (Phi) is 6.99. The Hall–Kier alpha value is -2.58. The van der Waals surface area contributed by atoms with Gasteiger partial charge in [0.1, 0.15) is 0 Å². The number of benzene rings is 2. The molecule has 2 aromatic rings. The number of hydrogen-bond donors (Lipinski definition) is 1. The molecule has 1 heterocycles. The SMILES string of the molecule is CC[C@@H](NC(=O)c1cccc(S(=O)(=O)N2CCCC2)c1)c1ccc(OC)c(OC)c1. The van der Waals surface area contributed by atoms with Crippen molar-refractivity contribution in [1.82, 2.24) is 9.62 Å². The van der Waals surface area contributed by atoms with E-state index in [1.165, 1.54) is 16.4 Å². The van der Waals surface area contributed by atoms with Crippen molar-refractivity contribution in [3.8, 4) is 11.5 Å². The molecule has 1 saturated heterocycles. The molecule has 0 aromatic heterocycles. The average Bonchev–Trinajstić information content (AvgIpc) is 3.33. The van der Waals surface area contributed by atoms with Gasteiger partial charge in [-0.05, 0) is 55.2 Å². The number of sulfonamides is 1. The van der Waals surface area contributed by atoms with Crippen LogP contribution in [-0.2, 0) is 10.0 Å². The van der Waals surface area contributed by atoms with Gasteiger partial charge in [-0.15, -0.1) is 0 Å². The highest BCUT2D eigenvalue weighted by molar-refractivity contribution is 7.89. The summed E-state index contributed by atoms with van der Waals surface area (Å²) in [6, 6.07) is 11.5. The minimum atomic E-state index is -3.57. The highest BCUT2D eigenvalue weighted by atomic mass is 32.2. The molecule has 1 fully saturated rings. The van der Waals surface area contributed by atoms with Crippen LogP contribution in [0.1, 0.15) is 48.1 Å². The molecular formula is C22H28N2O5S. The van der Waals surface area contributed by atoms with Crippen LogP contribution >= 0.6 is 0 Å². The van der Waals surface area contributed by atoms with Crippen molar-refractivity contribution < 1.29 is 22.7 Å². The van der Waals surface area contributed by atoms with Gasteiger partial charge >= 0.3 is 0 Å². The Morgan fingerprint density at radius 1 is 1.07 bits per heavy atom. The molecule has 1 amide bonds. The fourth-order valence-corrected chi connectivity index (χ4v) is 5.17. The maximum atomic E-state index is 12.9. The van der Waals surface area contributed by atoms with Crippen molar-refractivity contribution >= 4 is 15.9 Å². The van der Waals surface area contributed by atoms with Crippen LogP contribution in [0.15, 0.2) is 47.4 Å². The van der Waals surface area contributed by atoms with Crippen molar-refractivity contribution in [3.63, 3.8) is 0 Å². The summed E-state index contributed by atoms with van der Waals surface area (Å²) >= 11 is 0. The van der Waals surface area contributed by atoms with Gasteiger partial charge in [-0.2, -0.15) is 4.31 Å². The number of rotatable bonds is 8. The Morgan fingerprint density at radius 3 is 2.40 bits per heavy atom. The number of hydrogen-bond acceptors (Lipinski definition) is 5. The maximum absolute atomic E-state index is 12.9. The predicted octanol–water partition coefficient (Wildman–Crippen LogP) is 3.37. The van der Waals surface area contributed by atoms with Crippen LogP contribution in [0, 0.1) is 0 Å². The molecule has 1 atom stereocenters. The second kappa shape index (κ2) is 9.49. The second-order valence-corrected chi connectivity index (χ2v) is 9.13. The monoisotopic (exact) mass is 432 g/mol. The van der Waals surface area contributed by atoms with Gasteiger partial charge in [-0.25, -0.2) is 8.42 Å². The lowest BCUT2D eigenvalue weighted by Crippen LogP contribution is -2.30. The molecule has 30 heavy (non-hydrogen) atoms. The number of nitrogens with zero attached hydrogens (tertiary/aromatic N) is 1. The van der Waals surface area contributed by atoms with Crippen LogP contribution in [0.2, 0.25) is 0 Å². The zero-order valence-corrected chi connectivity index (χ0v) is 18.4. The lowest BCUT2D eigenvalue weighted by molar-refractivity contribution is 0.0935. The summed E-state index contributed by atoms with van der Waals surface area (Å²) in [6.45, 7) is 3.02. The van der Waals surface area contributed by atoms with Gasteiger partial charge in [0, 0.05) is 18.7 Å². The van der Waals surface area contributed by atoms with E-state index in [2.05, 4.69) is 5.32 Å². The molecule has 0 radical (unpaired) electrons. The van der Waals surface area contributed by atoms with E-state index in [9.17, 15) is 13.2 Å². The molecule has 0 aliphatic carbocycles. The van der Waals surface area contributed by atoms with Crippen LogP contribution in [0.3, 0.4) is 0 Å². The Bertz CT molecular complexity index is 1000.